The van der Waals surface area contributed by atoms with E-state index in [1.165, 1.54) is 5.69 Å². The third kappa shape index (κ3) is 3.91. The molecule has 1 amide bonds. The highest BCUT2D eigenvalue weighted by Crippen LogP contribution is 2.16. The fourth-order valence-electron chi connectivity index (χ4n) is 3.28. The first-order valence-corrected chi connectivity index (χ1v) is 8.71. The Labute approximate surface area is 148 Å². The molecule has 0 spiro atoms. The molecular formula is C19H26N4O2. The van der Waals surface area contributed by atoms with Gasteiger partial charge in [-0.15, -0.1) is 0 Å². The van der Waals surface area contributed by atoms with Crippen molar-refractivity contribution in [2.45, 2.75) is 39.0 Å². The van der Waals surface area contributed by atoms with Gasteiger partial charge in [-0.1, -0.05) is 18.2 Å². The normalized spacial score (nSPS) is 21.3. The topological polar surface area (TPSA) is 70.4 Å². The van der Waals surface area contributed by atoms with Crippen molar-refractivity contribution in [3.8, 4) is 0 Å². The number of rotatable bonds is 4. The van der Waals surface area contributed by atoms with Gasteiger partial charge in [-0.25, -0.2) is 4.98 Å². The lowest BCUT2D eigenvalue weighted by atomic mass is 10.0. The van der Waals surface area contributed by atoms with Gasteiger partial charge in [0.1, 0.15) is 5.82 Å². The summed E-state index contributed by atoms with van der Waals surface area (Å²) in [7, 11) is 2.02. The molecule has 0 bridgehead atoms. The number of aliphatic hydroxyl groups excluding tert-OH is 1. The van der Waals surface area contributed by atoms with Crippen molar-refractivity contribution in [2.24, 2.45) is 7.05 Å². The van der Waals surface area contributed by atoms with Gasteiger partial charge in [0.05, 0.1) is 24.4 Å². The van der Waals surface area contributed by atoms with Crippen molar-refractivity contribution in [3.63, 3.8) is 0 Å². The molecule has 0 unspecified atom stereocenters. The van der Waals surface area contributed by atoms with E-state index in [2.05, 4.69) is 26.7 Å². The van der Waals surface area contributed by atoms with Crippen LogP contribution in [-0.2, 0) is 13.6 Å². The van der Waals surface area contributed by atoms with Crippen LogP contribution in [0.25, 0.3) is 0 Å². The Bertz CT molecular complexity index is 741. The zero-order chi connectivity index (χ0) is 18.0. The fourth-order valence-corrected chi connectivity index (χ4v) is 3.28. The average molecular weight is 342 g/mol. The Morgan fingerprint density at radius 1 is 1.32 bits per heavy atom. The molecule has 1 saturated heterocycles. The number of carbonyl (C=O) groups excluding carboxylic acids is 1. The Kier molecular flexibility index (Phi) is 5.20. The number of carbonyl (C=O) groups is 1. The van der Waals surface area contributed by atoms with Crippen molar-refractivity contribution in [2.75, 3.05) is 13.1 Å². The number of amides is 1. The van der Waals surface area contributed by atoms with Gasteiger partial charge in [-0.2, -0.15) is 0 Å². The first-order chi connectivity index (χ1) is 12.0. The number of nitrogens with one attached hydrogen (secondary N) is 1. The van der Waals surface area contributed by atoms with E-state index in [1.807, 2.05) is 32.2 Å². The van der Waals surface area contributed by atoms with Crippen LogP contribution in [0.2, 0.25) is 0 Å². The van der Waals surface area contributed by atoms with E-state index < -0.39 is 6.10 Å². The third-order valence-corrected chi connectivity index (χ3v) is 5.09. The van der Waals surface area contributed by atoms with Gasteiger partial charge >= 0.3 is 0 Å². The molecule has 134 valence electrons. The number of aliphatic hydroxyl groups is 1. The predicted octanol–water partition coefficient (Wildman–Crippen LogP) is 1.40. The fraction of sp³-hybridized carbons (Fsp3) is 0.474. The molecule has 1 aromatic heterocycles. The molecule has 3 rings (SSSR count). The highest BCUT2D eigenvalue weighted by Gasteiger charge is 2.29. The van der Waals surface area contributed by atoms with Gasteiger partial charge in [0.2, 0.25) is 0 Å². The quantitative estimate of drug-likeness (QED) is 0.881. The number of hydrogen-bond acceptors (Lipinski definition) is 4. The van der Waals surface area contributed by atoms with Crippen LogP contribution in [-0.4, -0.2) is 50.7 Å². The standard InChI is InChI=1S/C19H26N4O2/c1-13-14(2)22(3)18(20-13)12-23-10-9-16(17(24)11-23)21-19(25)15-7-5-4-6-8-15/h4-8,16-17,24H,9-12H2,1-3H3,(H,21,25)/t16-,17-/m1/s1. The number of β-amino-alcohol motifs (C(OH)–C–C–N with tert-alkyl or cyclic N) is 1. The highest BCUT2D eigenvalue weighted by molar-refractivity contribution is 5.94. The number of imidazole rings is 1. The second kappa shape index (κ2) is 7.37. The number of aromatic nitrogens is 2. The molecule has 0 aliphatic carbocycles. The lowest BCUT2D eigenvalue weighted by molar-refractivity contribution is 0.0337. The van der Waals surface area contributed by atoms with Crippen LogP contribution in [0.4, 0.5) is 0 Å². The molecular weight excluding hydrogens is 316 g/mol. The highest BCUT2D eigenvalue weighted by atomic mass is 16.3. The predicted molar refractivity (Wildman–Crippen MR) is 96.3 cm³/mol. The molecule has 6 nitrogen and oxygen atoms in total. The number of nitrogens with zero attached hydrogens (tertiary/aromatic N) is 3. The monoisotopic (exact) mass is 342 g/mol. The van der Waals surface area contributed by atoms with E-state index in [-0.39, 0.29) is 11.9 Å². The number of benzene rings is 1. The van der Waals surface area contributed by atoms with E-state index >= 15 is 0 Å². The van der Waals surface area contributed by atoms with E-state index in [0.717, 1.165) is 24.5 Å². The zero-order valence-corrected chi connectivity index (χ0v) is 15.1. The molecule has 1 aliphatic heterocycles. The molecule has 2 atom stereocenters. The van der Waals surface area contributed by atoms with Crippen molar-refractivity contribution in [3.05, 3.63) is 53.1 Å². The minimum Gasteiger partial charge on any atom is -0.390 e. The summed E-state index contributed by atoms with van der Waals surface area (Å²) in [5.41, 5.74) is 2.83. The van der Waals surface area contributed by atoms with Crippen LogP contribution < -0.4 is 5.32 Å². The molecule has 1 aliphatic rings. The Morgan fingerprint density at radius 2 is 2.04 bits per heavy atom. The SMILES string of the molecule is Cc1nc(CN2CC[C@@H](NC(=O)c3ccccc3)[C@H](O)C2)n(C)c1C. The van der Waals surface area contributed by atoms with Crippen molar-refractivity contribution < 1.29 is 9.90 Å². The second-order valence-corrected chi connectivity index (χ2v) is 6.79. The third-order valence-electron chi connectivity index (χ3n) is 5.09. The largest absolute Gasteiger partial charge is 0.390 e. The molecule has 0 saturated carbocycles. The Hall–Kier alpha value is -2.18. The first kappa shape index (κ1) is 17.6. The van der Waals surface area contributed by atoms with Gasteiger partial charge in [0.25, 0.3) is 5.91 Å². The van der Waals surface area contributed by atoms with Crippen LogP contribution in [0.3, 0.4) is 0 Å². The lowest BCUT2D eigenvalue weighted by Crippen LogP contribution is -2.53. The number of piperidine rings is 1. The van der Waals surface area contributed by atoms with Crippen LogP contribution in [0.1, 0.15) is 34.0 Å². The van der Waals surface area contributed by atoms with Crippen LogP contribution in [0.5, 0.6) is 0 Å². The molecule has 25 heavy (non-hydrogen) atoms. The summed E-state index contributed by atoms with van der Waals surface area (Å²) in [5, 5.41) is 13.4. The summed E-state index contributed by atoms with van der Waals surface area (Å²) in [6, 6.07) is 8.90. The first-order valence-electron chi connectivity index (χ1n) is 8.71. The van der Waals surface area contributed by atoms with Crippen molar-refractivity contribution >= 4 is 5.91 Å². The van der Waals surface area contributed by atoms with Crippen LogP contribution >= 0.6 is 0 Å². The molecule has 2 aromatic rings. The average Bonchev–Trinajstić information content (AvgIpc) is 2.85. The van der Waals surface area contributed by atoms with E-state index in [9.17, 15) is 9.90 Å². The summed E-state index contributed by atoms with van der Waals surface area (Å²) in [6.07, 6.45) is 0.145. The summed E-state index contributed by atoms with van der Waals surface area (Å²) < 4.78 is 2.10. The Balaban J connectivity index is 1.57. The minimum atomic E-state index is -0.580. The van der Waals surface area contributed by atoms with Gasteiger partial charge in [0, 0.05) is 31.4 Å². The smallest absolute Gasteiger partial charge is 0.251 e. The van der Waals surface area contributed by atoms with Gasteiger partial charge in [0.15, 0.2) is 0 Å². The second-order valence-electron chi connectivity index (χ2n) is 6.79. The van der Waals surface area contributed by atoms with Crippen LogP contribution in [0.15, 0.2) is 30.3 Å². The van der Waals surface area contributed by atoms with Gasteiger partial charge in [-0.05, 0) is 32.4 Å². The van der Waals surface area contributed by atoms with E-state index in [1.54, 1.807) is 12.1 Å². The maximum atomic E-state index is 12.3. The number of aryl methyl sites for hydroxylation is 1. The van der Waals surface area contributed by atoms with Gasteiger partial charge in [-0.3, -0.25) is 9.69 Å². The molecule has 0 radical (unpaired) electrons. The molecule has 2 N–H and O–H groups in total. The summed E-state index contributed by atoms with van der Waals surface area (Å²) in [6.45, 7) is 6.14. The molecule has 6 heteroatoms. The minimum absolute atomic E-state index is 0.131. The van der Waals surface area contributed by atoms with Gasteiger partial charge < -0.3 is 15.0 Å². The number of hydrogen-bond donors (Lipinski definition) is 2. The van der Waals surface area contributed by atoms with Crippen LogP contribution in [0, 0.1) is 13.8 Å². The molecule has 1 fully saturated rings. The summed E-state index contributed by atoms with van der Waals surface area (Å²) in [5.74, 6) is 0.877. The van der Waals surface area contributed by atoms with Crippen molar-refractivity contribution in [1.82, 2.24) is 19.8 Å². The molecule has 2 heterocycles. The maximum Gasteiger partial charge on any atom is 0.251 e. The van der Waals surface area contributed by atoms with Crippen molar-refractivity contribution in [1.29, 1.82) is 0 Å². The van der Waals surface area contributed by atoms with E-state index in [0.29, 0.717) is 18.7 Å². The zero-order valence-electron chi connectivity index (χ0n) is 15.1. The summed E-state index contributed by atoms with van der Waals surface area (Å²) in [4.78, 5) is 19.1. The van der Waals surface area contributed by atoms with E-state index in [4.69, 9.17) is 0 Å². The maximum absolute atomic E-state index is 12.3. The molecule has 1 aromatic carbocycles. The summed E-state index contributed by atoms with van der Waals surface area (Å²) >= 11 is 0. The number of likely N-dealkylation sites (tertiary alicyclic amines) is 1. The Morgan fingerprint density at radius 3 is 2.64 bits per heavy atom. The lowest BCUT2D eigenvalue weighted by Gasteiger charge is -2.36.